The Kier molecular flexibility index (Phi) is 11.2. The van der Waals surface area contributed by atoms with Gasteiger partial charge in [0.1, 0.15) is 0 Å². The molecule has 0 atom stereocenters. The number of rotatable bonds is 4. The maximum Gasteiger partial charge on any atom is -0.0194 e. The van der Waals surface area contributed by atoms with Crippen LogP contribution in [0.4, 0.5) is 0 Å². The van der Waals surface area contributed by atoms with Crippen molar-refractivity contribution in [2.24, 2.45) is 0 Å². The van der Waals surface area contributed by atoms with Gasteiger partial charge in [0.05, 0.1) is 0 Å². The standard InChI is InChI=1S/C11H14.C2H4/c1-5-9-11(8-4)10(6-2)7-3;1-2/h5-9H,1-2,4H2,3H3;1-2H2/b10-7+,11-9+;. The fraction of sp³-hybridized carbons (Fsp3) is 0.0769. The highest BCUT2D eigenvalue weighted by Crippen LogP contribution is 2.11. The van der Waals surface area contributed by atoms with Crippen molar-refractivity contribution in [3.05, 3.63) is 74.4 Å². The predicted molar refractivity (Wildman–Crippen MR) is 63.7 cm³/mol. The van der Waals surface area contributed by atoms with E-state index in [1.54, 1.807) is 18.2 Å². The van der Waals surface area contributed by atoms with Crippen LogP contribution in [0.25, 0.3) is 0 Å². The molecule has 0 rings (SSSR count). The largest absolute Gasteiger partial charge is 0.106 e. The smallest absolute Gasteiger partial charge is 0.0194 e. The third-order valence-corrected chi connectivity index (χ3v) is 1.38. The second kappa shape index (κ2) is 10.4. The third-order valence-electron chi connectivity index (χ3n) is 1.38. The zero-order valence-corrected chi connectivity index (χ0v) is 8.42. The summed E-state index contributed by atoms with van der Waals surface area (Å²) in [4.78, 5) is 0. The van der Waals surface area contributed by atoms with E-state index >= 15 is 0 Å². The Hall–Kier alpha value is -1.56. The van der Waals surface area contributed by atoms with Crippen LogP contribution in [0.2, 0.25) is 0 Å². The van der Waals surface area contributed by atoms with Gasteiger partial charge in [0, 0.05) is 0 Å². The lowest BCUT2D eigenvalue weighted by Crippen LogP contribution is -1.79. The summed E-state index contributed by atoms with van der Waals surface area (Å²) in [5.74, 6) is 0. The normalized spacial score (nSPS) is 10.8. The SMILES string of the molecule is C=C.C=C/C=C(C=C)/C(C=C)=C/C. The van der Waals surface area contributed by atoms with Gasteiger partial charge in [-0.3, -0.25) is 0 Å². The zero-order chi connectivity index (χ0) is 10.7. The second-order valence-corrected chi connectivity index (χ2v) is 2.01. The Morgan fingerprint density at radius 3 is 1.62 bits per heavy atom. The molecule has 0 heterocycles. The molecular formula is C13H18. The molecule has 0 aromatic heterocycles. The molecule has 0 N–H and O–H groups in total. The fourth-order valence-electron chi connectivity index (χ4n) is 0.811. The van der Waals surface area contributed by atoms with Crippen molar-refractivity contribution in [3.63, 3.8) is 0 Å². The molecule has 0 nitrogen and oxygen atoms in total. The van der Waals surface area contributed by atoms with Crippen LogP contribution in [0.15, 0.2) is 74.4 Å². The van der Waals surface area contributed by atoms with Crippen LogP contribution in [0.3, 0.4) is 0 Å². The van der Waals surface area contributed by atoms with Gasteiger partial charge in [0.15, 0.2) is 0 Å². The van der Waals surface area contributed by atoms with Crippen LogP contribution in [-0.2, 0) is 0 Å². The zero-order valence-electron chi connectivity index (χ0n) is 8.42. The van der Waals surface area contributed by atoms with Crippen molar-refractivity contribution in [1.29, 1.82) is 0 Å². The number of hydrogen-bond acceptors (Lipinski definition) is 0. The Morgan fingerprint density at radius 2 is 1.38 bits per heavy atom. The average Bonchev–Trinajstić information content (AvgIpc) is 2.21. The molecular weight excluding hydrogens is 156 g/mol. The summed E-state index contributed by atoms with van der Waals surface area (Å²) in [5, 5.41) is 0. The highest BCUT2D eigenvalue weighted by molar-refractivity contribution is 5.46. The van der Waals surface area contributed by atoms with Gasteiger partial charge in [-0.15, -0.1) is 13.2 Å². The molecule has 0 unspecified atom stereocenters. The molecule has 0 saturated heterocycles. The van der Waals surface area contributed by atoms with Crippen molar-refractivity contribution >= 4 is 0 Å². The lowest BCUT2D eigenvalue weighted by atomic mass is 10.1. The molecule has 0 radical (unpaired) electrons. The van der Waals surface area contributed by atoms with E-state index in [0.717, 1.165) is 11.1 Å². The fourth-order valence-corrected chi connectivity index (χ4v) is 0.811. The van der Waals surface area contributed by atoms with Gasteiger partial charge in [0.2, 0.25) is 0 Å². The van der Waals surface area contributed by atoms with Crippen LogP contribution in [0.1, 0.15) is 6.92 Å². The molecule has 0 aromatic rings. The first-order valence-corrected chi connectivity index (χ1v) is 4.04. The molecule has 0 amide bonds. The van der Waals surface area contributed by atoms with Gasteiger partial charge in [-0.1, -0.05) is 50.1 Å². The lowest BCUT2D eigenvalue weighted by molar-refractivity contribution is 1.51. The second-order valence-electron chi connectivity index (χ2n) is 2.01. The van der Waals surface area contributed by atoms with Gasteiger partial charge >= 0.3 is 0 Å². The first kappa shape index (κ1) is 14.0. The van der Waals surface area contributed by atoms with Crippen LogP contribution in [0, 0.1) is 0 Å². The molecule has 0 aliphatic carbocycles. The minimum absolute atomic E-state index is 1.05. The van der Waals surface area contributed by atoms with Crippen molar-refractivity contribution in [2.45, 2.75) is 6.92 Å². The quantitative estimate of drug-likeness (QED) is 0.442. The maximum atomic E-state index is 3.69. The summed E-state index contributed by atoms with van der Waals surface area (Å²) >= 11 is 0. The Bertz CT molecular complexity index is 226. The van der Waals surface area contributed by atoms with E-state index < -0.39 is 0 Å². The Balaban J connectivity index is 0. The first-order valence-electron chi connectivity index (χ1n) is 4.04. The molecule has 0 aromatic carbocycles. The van der Waals surface area contributed by atoms with E-state index in [9.17, 15) is 0 Å². The van der Waals surface area contributed by atoms with Crippen molar-refractivity contribution in [3.8, 4) is 0 Å². The Morgan fingerprint density at radius 1 is 0.923 bits per heavy atom. The monoisotopic (exact) mass is 174 g/mol. The first-order chi connectivity index (χ1) is 6.29. The highest BCUT2D eigenvalue weighted by Gasteiger charge is 1.91. The lowest BCUT2D eigenvalue weighted by Gasteiger charge is -1.99. The maximum absolute atomic E-state index is 3.69. The van der Waals surface area contributed by atoms with E-state index in [-0.39, 0.29) is 0 Å². The van der Waals surface area contributed by atoms with Crippen LogP contribution < -0.4 is 0 Å². The van der Waals surface area contributed by atoms with Gasteiger partial charge in [-0.05, 0) is 18.1 Å². The van der Waals surface area contributed by atoms with Gasteiger partial charge in [-0.25, -0.2) is 0 Å². The summed E-state index contributed by atoms with van der Waals surface area (Å²) in [6, 6.07) is 0. The Labute approximate surface area is 82.0 Å². The van der Waals surface area contributed by atoms with E-state index in [4.69, 9.17) is 0 Å². The summed E-state index contributed by atoms with van der Waals surface area (Å²) in [6.07, 6.45) is 9.23. The molecule has 70 valence electrons. The predicted octanol–water partition coefficient (Wildman–Crippen LogP) is 4.22. The van der Waals surface area contributed by atoms with Crippen LogP contribution >= 0.6 is 0 Å². The van der Waals surface area contributed by atoms with Crippen LogP contribution in [-0.4, -0.2) is 0 Å². The van der Waals surface area contributed by atoms with Crippen molar-refractivity contribution in [1.82, 2.24) is 0 Å². The van der Waals surface area contributed by atoms with Gasteiger partial charge < -0.3 is 0 Å². The number of allylic oxidation sites excluding steroid dienone is 7. The van der Waals surface area contributed by atoms with Gasteiger partial charge in [-0.2, -0.15) is 0 Å². The number of hydrogen-bond donors (Lipinski definition) is 0. The van der Waals surface area contributed by atoms with Crippen LogP contribution in [0.5, 0.6) is 0 Å². The summed E-state index contributed by atoms with van der Waals surface area (Å²) in [5.41, 5.74) is 2.14. The molecule has 0 spiro atoms. The van der Waals surface area contributed by atoms with E-state index in [0.29, 0.717) is 0 Å². The van der Waals surface area contributed by atoms with E-state index in [1.165, 1.54) is 0 Å². The minimum Gasteiger partial charge on any atom is -0.106 e. The minimum atomic E-state index is 1.05. The molecule has 0 fully saturated rings. The molecule has 0 aliphatic heterocycles. The topological polar surface area (TPSA) is 0 Å². The highest BCUT2D eigenvalue weighted by atomic mass is 14.0. The van der Waals surface area contributed by atoms with E-state index in [2.05, 4.69) is 32.9 Å². The molecule has 0 aliphatic rings. The third kappa shape index (κ3) is 5.68. The van der Waals surface area contributed by atoms with Gasteiger partial charge in [0.25, 0.3) is 0 Å². The summed E-state index contributed by atoms with van der Waals surface area (Å²) < 4.78 is 0. The summed E-state index contributed by atoms with van der Waals surface area (Å²) in [6.45, 7) is 19.0. The van der Waals surface area contributed by atoms with Crippen molar-refractivity contribution < 1.29 is 0 Å². The molecule has 0 heteroatoms. The summed E-state index contributed by atoms with van der Waals surface area (Å²) in [7, 11) is 0. The van der Waals surface area contributed by atoms with E-state index in [1.807, 2.05) is 19.1 Å². The molecule has 13 heavy (non-hydrogen) atoms. The molecule has 0 saturated carbocycles. The molecule has 0 bridgehead atoms. The van der Waals surface area contributed by atoms with Crippen molar-refractivity contribution in [2.75, 3.05) is 0 Å². The average molecular weight is 174 g/mol.